The number of hydrogen-bond acceptors (Lipinski definition) is 5. The number of carbonyl (C=O) groups excluding carboxylic acids is 2. The largest absolute Gasteiger partial charge is 0.492 e. The molecule has 1 aliphatic heterocycles. The first-order valence-corrected chi connectivity index (χ1v) is 8.40. The number of nitro benzene ring substituents is 1. The molecule has 1 N–H and O–H groups in total. The molecule has 1 atom stereocenters. The number of non-ortho nitro benzene ring substituents is 1. The van der Waals surface area contributed by atoms with Crippen LogP contribution in [0, 0.1) is 17.0 Å². The van der Waals surface area contributed by atoms with Crippen LogP contribution in [0.1, 0.15) is 18.1 Å². The minimum atomic E-state index is -1.27. The van der Waals surface area contributed by atoms with E-state index in [1.807, 2.05) is 25.1 Å². The van der Waals surface area contributed by atoms with Crippen molar-refractivity contribution < 1.29 is 19.2 Å². The standard InChI is InChI=1S/C19H19N3O5/c1-13-4-3-5-16(12-13)27-11-10-21-17(23)19(2,20-18(21)24)14-6-8-15(9-7-14)22(25)26/h3-9,12H,10-11H2,1-2H3,(H,20,24)/t19-/m1/s1. The average Bonchev–Trinajstić information content (AvgIpc) is 2.86. The van der Waals surface area contributed by atoms with Gasteiger partial charge in [0.1, 0.15) is 17.9 Å². The highest BCUT2D eigenvalue weighted by Crippen LogP contribution is 2.30. The van der Waals surface area contributed by atoms with E-state index in [1.165, 1.54) is 24.3 Å². The number of aryl methyl sites for hydroxylation is 1. The van der Waals surface area contributed by atoms with E-state index < -0.39 is 22.4 Å². The second kappa shape index (κ2) is 7.06. The maximum Gasteiger partial charge on any atom is 0.325 e. The minimum Gasteiger partial charge on any atom is -0.492 e. The molecule has 0 spiro atoms. The van der Waals surface area contributed by atoms with E-state index in [-0.39, 0.29) is 18.8 Å². The molecule has 1 heterocycles. The van der Waals surface area contributed by atoms with Crippen molar-refractivity contribution in [3.63, 3.8) is 0 Å². The first-order chi connectivity index (χ1) is 12.8. The number of amides is 3. The van der Waals surface area contributed by atoms with Crippen LogP contribution in [0.5, 0.6) is 5.75 Å². The lowest BCUT2D eigenvalue weighted by atomic mass is 9.92. The third kappa shape index (κ3) is 3.59. The number of nitrogens with one attached hydrogen (secondary N) is 1. The van der Waals surface area contributed by atoms with Crippen molar-refractivity contribution in [1.29, 1.82) is 0 Å². The van der Waals surface area contributed by atoms with Crippen LogP contribution in [0.25, 0.3) is 0 Å². The molecular weight excluding hydrogens is 350 g/mol. The van der Waals surface area contributed by atoms with Gasteiger partial charge in [-0.2, -0.15) is 0 Å². The van der Waals surface area contributed by atoms with E-state index in [1.54, 1.807) is 13.0 Å². The SMILES string of the molecule is Cc1cccc(OCCN2C(=O)N[C@](C)(c3ccc([N+](=O)[O-])cc3)C2=O)c1. The molecular formula is C19H19N3O5. The van der Waals surface area contributed by atoms with Crippen LogP contribution in [-0.2, 0) is 10.3 Å². The number of carbonyl (C=O) groups is 2. The molecule has 0 radical (unpaired) electrons. The summed E-state index contributed by atoms with van der Waals surface area (Å²) in [6.07, 6.45) is 0. The molecule has 8 nitrogen and oxygen atoms in total. The Morgan fingerprint density at radius 3 is 2.52 bits per heavy atom. The molecule has 3 rings (SSSR count). The highest BCUT2D eigenvalue weighted by molar-refractivity contribution is 6.07. The van der Waals surface area contributed by atoms with Crippen molar-refractivity contribution in [1.82, 2.24) is 10.2 Å². The molecule has 8 heteroatoms. The molecule has 0 unspecified atom stereocenters. The van der Waals surface area contributed by atoms with Gasteiger partial charge in [-0.3, -0.25) is 19.8 Å². The molecule has 140 valence electrons. The molecule has 0 saturated carbocycles. The summed E-state index contributed by atoms with van der Waals surface area (Å²) >= 11 is 0. The maximum atomic E-state index is 12.8. The third-order valence-corrected chi connectivity index (χ3v) is 4.50. The number of hydrogen-bond donors (Lipinski definition) is 1. The fourth-order valence-corrected chi connectivity index (χ4v) is 2.97. The van der Waals surface area contributed by atoms with Crippen LogP contribution < -0.4 is 10.1 Å². The van der Waals surface area contributed by atoms with Crippen molar-refractivity contribution >= 4 is 17.6 Å². The third-order valence-electron chi connectivity index (χ3n) is 4.50. The molecule has 0 bridgehead atoms. The van der Waals surface area contributed by atoms with Crippen LogP contribution in [-0.4, -0.2) is 34.9 Å². The van der Waals surface area contributed by atoms with E-state index in [0.717, 1.165) is 10.5 Å². The highest BCUT2D eigenvalue weighted by Gasteiger charge is 2.48. The van der Waals surface area contributed by atoms with E-state index in [4.69, 9.17) is 4.74 Å². The Labute approximate surface area is 155 Å². The van der Waals surface area contributed by atoms with Gasteiger partial charge in [0.05, 0.1) is 11.5 Å². The zero-order valence-corrected chi connectivity index (χ0v) is 15.0. The lowest BCUT2D eigenvalue weighted by molar-refractivity contribution is -0.384. The van der Waals surface area contributed by atoms with Gasteiger partial charge in [-0.1, -0.05) is 12.1 Å². The number of urea groups is 1. The van der Waals surface area contributed by atoms with E-state index >= 15 is 0 Å². The fraction of sp³-hybridized carbons (Fsp3) is 0.263. The van der Waals surface area contributed by atoms with Gasteiger partial charge in [0.15, 0.2) is 0 Å². The lowest BCUT2D eigenvalue weighted by Crippen LogP contribution is -2.41. The quantitative estimate of drug-likeness (QED) is 0.479. The second-order valence-electron chi connectivity index (χ2n) is 6.48. The first kappa shape index (κ1) is 18.4. The smallest absolute Gasteiger partial charge is 0.325 e. The number of imide groups is 1. The Morgan fingerprint density at radius 2 is 1.89 bits per heavy atom. The van der Waals surface area contributed by atoms with Gasteiger partial charge in [0.2, 0.25) is 0 Å². The number of ether oxygens (including phenoxy) is 1. The Hall–Kier alpha value is -3.42. The predicted molar refractivity (Wildman–Crippen MR) is 97.4 cm³/mol. The zero-order valence-electron chi connectivity index (χ0n) is 15.0. The summed E-state index contributed by atoms with van der Waals surface area (Å²) in [6.45, 7) is 3.79. The van der Waals surface area contributed by atoms with Gasteiger partial charge >= 0.3 is 6.03 Å². The van der Waals surface area contributed by atoms with Gasteiger partial charge in [-0.05, 0) is 49.2 Å². The molecule has 1 fully saturated rings. The molecule has 27 heavy (non-hydrogen) atoms. The van der Waals surface area contributed by atoms with Crippen LogP contribution in [0.15, 0.2) is 48.5 Å². The van der Waals surface area contributed by atoms with Crippen molar-refractivity contribution in [2.75, 3.05) is 13.2 Å². The summed E-state index contributed by atoms with van der Waals surface area (Å²) in [5.41, 5.74) is 0.180. The van der Waals surface area contributed by atoms with Gasteiger partial charge < -0.3 is 10.1 Å². The van der Waals surface area contributed by atoms with E-state index in [9.17, 15) is 19.7 Å². The van der Waals surface area contributed by atoms with E-state index in [2.05, 4.69) is 5.32 Å². The normalized spacial score (nSPS) is 19.1. The van der Waals surface area contributed by atoms with Crippen LogP contribution in [0.3, 0.4) is 0 Å². The summed E-state index contributed by atoms with van der Waals surface area (Å²) < 4.78 is 5.61. The molecule has 1 saturated heterocycles. The zero-order chi connectivity index (χ0) is 19.6. The summed E-state index contributed by atoms with van der Waals surface area (Å²) in [7, 11) is 0. The van der Waals surface area contributed by atoms with E-state index in [0.29, 0.717) is 11.3 Å². The van der Waals surface area contributed by atoms with Gasteiger partial charge in [-0.25, -0.2) is 4.79 Å². The number of nitrogens with zero attached hydrogens (tertiary/aromatic N) is 2. The van der Waals surface area contributed by atoms with Crippen LogP contribution in [0.4, 0.5) is 10.5 Å². The number of rotatable bonds is 6. The maximum absolute atomic E-state index is 12.8. The van der Waals surface area contributed by atoms with Gasteiger partial charge in [0, 0.05) is 12.1 Å². The van der Waals surface area contributed by atoms with Crippen molar-refractivity contribution in [3.05, 3.63) is 69.8 Å². The minimum absolute atomic E-state index is 0.0810. The van der Waals surface area contributed by atoms with Crippen molar-refractivity contribution in [2.45, 2.75) is 19.4 Å². The number of benzene rings is 2. The Bertz CT molecular complexity index is 896. The van der Waals surface area contributed by atoms with Crippen LogP contribution in [0.2, 0.25) is 0 Å². The van der Waals surface area contributed by atoms with Crippen LogP contribution >= 0.6 is 0 Å². The highest BCUT2D eigenvalue weighted by atomic mass is 16.6. The van der Waals surface area contributed by atoms with Gasteiger partial charge in [0.25, 0.3) is 11.6 Å². The second-order valence-corrected chi connectivity index (χ2v) is 6.48. The Balaban J connectivity index is 1.69. The monoisotopic (exact) mass is 369 g/mol. The lowest BCUT2D eigenvalue weighted by Gasteiger charge is -2.22. The molecule has 0 aliphatic carbocycles. The molecule has 3 amide bonds. The van der Waals surface area contributed by atoms with Crippen molar-refractivity contribution in [3.8, 4) is 5.75 Å². The topological polar surface area (TPSA) is 102 Å². The number of nitro groups is 1. The average molecular weight is 369 g/mol. The first-order valence-electron chi connectivity index (χ1n) is 8.40. The van der Waals surface area contributed by atoms with Crippen molar-refractivity contribution in [2.24, 2.45) is 0 Å². The summed E-state index contributed by atoms with van der Waals surface area (Å²) in [6, 6.07) is 12.5. The molecule has 2 aromatic carbocycles. The Morgan fingerprint density at radius 1 is 1.19 bits per heavy atom. The molecule has 2 aromatic rings. The Kier molecular flexibility index (Phi) is 4.81. The summed E-state index contributed by atoms with van der Waals surface area (Å²) in [5.74, 6) is 0.245. The molecule has 1 aliphatic rings. The predicted octanol–water partition coefficient (Wildman–Crippen LogP) is 2.75. The van der Waals surface area contributed by atoms with Gasteiger partial charge in [-0.15, -0.1) is 0 Å². The summed E-state index contributed by atoms with van der Waals surface area (Å²) in [5, 5.41) is 13.4. The fourth-order valence-electron chi connectivity index (χ4n) is 2.97. The molecule has 0 aromatic heterocycles. The summed E-state index contributed by atoms with van der Waals surface area (Å²) in [4.78, 5) is 36.4.